The lowest BCUT2D eigenvalue weighted by atomic mass is 10.2. The molecule has 96 valence electrons. The number of hydrogen-bond acceptors (Lipinski definition) is 5. The van der Waals surface area contributed by atoms with Crippen molar-refractivity contribution in [1.82, 2.24) is 10.2 Å². The summed E-state index contributed by atoms with van der Waals surface area (Å²) in [7, 11) is 0. The first-order chi connectivity index (χ1) is 8.47. The zero-order valence-electron chi connectivity index (χ0n) is 9.67. The minimum atomic E-state index is -1.08. The number of hydrogen-bond donors (Lipinski definition) is 2. The fraction of sp³-hybridized carbons (Fsp3) is 0.364. The molecule has 0 aliphatic carbocycles. The summed E-state index contributed by atoms with van der Waals surface area (Å²) in [6, 6.07) is 0.924. The highest BCUT2D eigenvalue weighted by Crippen LogP contribution is 2.14. The number of amides is 2. The van der Waals surface area contributed by atoms with Gasteiger partial charge in [-0.05, 0) is 13.0 Å². The third-order valence-corrected chi connectivity index (χ3v) is 2.80. The number of rotatable bonds is 3. The van der Waals surface area contributed by atoms with Gasteiger partial charge in [-0.2, -0.15) is 0 Å². The summed E-state index contributed by atoms with van der Waals surface area (Å²) in [5, 5.41) is 11.0. The van der Waals surface area contributed by atoms with Crippen molar-refractivity contribution in [3.8, 4) is 0 Å². The van der Waals surface area contributed by atoms with Crippen LogP contribution in [-0.2, 0) is 16.1 Å². The topological polar surface area (TPSA) is 99.9 Å². The van der Waals surface area contributed by atoms with E-state index in [1.807, 2.05) is 0 Å². The van der Waals surface area contributed by atoms with Gasteiger partial charge in [0.1, 0.15) is 12.0 Å². The molecule has 1 aromatic heterocycles. The molecule has 2 heterocycles. The molecule has 1 aliphatic rings. The van der Waals surface area contributed by atoms with Gasteiger partial charge in [-0.3, -0.25) is 19.8 Å². The summed E-state index contributed by atoms with van der Waals surface area (Å²) in [6.07, 6.45) is 1.13. The number of piperazine rings is 1. The average molecular weight is 252 g/mol. The van der Waals surface area contributed by atoms with Gasteiger partial charge >= 0.3 is 5.97 Å². The molecular formula is C11H12N2O5. The molecule has 1 aliphatic heterocycles. The number of carbonyl (C=O) groups excluding carboxylic acids is 2. The smallest absolute Gasteiger partial charge is 0.338 e. The van der Waals surface area contributed by atoms with Crippen molar-refractivity contribution < 1.29 is 23.9 Å². The van der Waals surface area contributed by atoms with Crippen LogP contribution in [0.5, 0.6) is 0 Å². The van der Waals surface area contributed by atoms with Crippen molar-refractivity contribution in [2.45, 2.75) is 19.5 Å². The summed E-state index contributed by atoms with van der Waals surface area (Å²) >= 11 is 0. The molecule has 1 aromatic rings. The lowest BCUT2D eigenvalue weighted by Gasteiger charge is -2.30. The molecule has 18 heavy (non-hydrogen) atoms. The van der Waals surface area contributed by atoms with E-state index in [2.05, 4.69) is 5.32 Å². The molecule has 7 heteroatoms. The monoisotopic (exact) mass is 252 g/mol. The highest BCUT2D eigenvalue weighted by Gasteiger charge is 2.30. The van der Waals surface area contributed by atoms with Gasteiger partial charge in [-0.15, -0.1) is 0 Å². The van der Waals surface area contributed by atoms with E-state index in [-0.39, 0.29) is 30.5 Å². The molecule has 0 aromatic carbocycles. The molecule has 0 radical (unpaired) electrons. The second-order valence-electron chi connectivity index (χ2n) is 4.10. The molecular weight excluding hydrogens is 240 g/mol. The van der Waals surface area contributed by atoms with E-state index in [0.717, 1.165) is 6.26 Å². The van der Waals surface area contributed by atoms with E-state index < -0.39 is 12.0 Å². The summed E-state index contributed by atoms with van der Waals surface area (Å²) in [4.78, 5) is 35.0. The van der Waals surface area contributed by atoms with Crippen LogP contribution in [0.3, 0.4) is 0 Å². The van der Waals surface area contributed by atoms with Crippen LogP contribution in [0, 0.1) is 0 Å². The first-order valence-corrected chi connectivity index (χ1v) is 5.36. The molecule has 1 atom stereocenters. The van der Waals surface area contributed by atoms with Crippen molar-refractivity contribution >= 4 is 17.8 Å². The maximum absolute atomic E-state index is 11.4. The SMILES string of the molecule is CC1C(=O)NC(=O)CN1Cc1cc(C(=O)O)co1. The van der Waals surface area contributed by atoms with Crippen molar-refractivity contribution in [2.24, 2.45) is 0 Å². The number of nitrogens with zero attached hydrogens (tertiary/aromatic N) is 1. The van der Waals surface area contributed by atoms with E-state index in [4.69, 9.17) is 9.52 Å². The fourth-order valence-electron chi connectivity index (χ4n) is 1.74. The first-order valence-electron chi connectivity index (χ1n) is 5.36. The number of carboxylic acid groups (broad SMARTS) is 1. The minimum Gasteiger partial charge on any atom is -0.478 e. The van der Waals surface area contributed by atoms with Crippen LogP contribution >= 0.6 is 0 Å². The Hall–Kier alpha value is -2.15. The van der Waals surface area contributed by atoms with Crippen LogP contribution in [0.2, 0.25) is 0 Å². The Morgan fingerprint density at radius 3 is 2.94 bits per heavy atom. The molecule has 2 N–H and O–H groups in total. The number of carboxylic acids is 1. The molecule has 0 spiro atoms. The predicted molar refractivity (Wildman–Crippen MR) is 58.7 cm³/mol. The summed E-state index contributed by atoms with van der Waals surface area (Å²) < 4.78 is 5.08. The minimum absolute atomic E-state index is 0.0467. The second-order valence-corrected chi connectivity index (χ2v) is 4.10. The number of imide groups is 1. The van der Waals surface area contributed by atoms with Gasteiger partial charge in [0, 0.05) is 0 Å². The maximum atomic E-state index is 11.4. The summed E-state index contributed by atoms with van der Waals surface area (Å²) in [5.41, 5.74) is 0.0467. The van der Waals surface area contributed by atoms with Crippen LogP contribution in [-0.4, -0.2) is 40.4 Å². The zero-order valence-corrected chi connectivity index (χ0v) is 9.67. The Morgan fingerprint density at radius 2 is 2.33 bits per heavy atom. The number of carbonyl (C=O) groups is 3. The Bertz CT molecular complexity index is 507. The van der Waals surface area contributed by atoms with Crippen LogP contribution in [0.25, 0.3) is 0 Å². The van der Waals surface area contributed by atoms with E-state index in [9.17, 15) is 14.4 Å². The van der Waals surface area contributed by atoms with Gasteiger partial charge in [0.15, 0.2) is 0 Å². The van der Waals surface area contributed by atoms with Crippen LogP contribution in [0.15, 0.2) is 16.7 Å². The molecule has 7 nitrogen and oxygen atoms in total. The normalized spacial score (nSPS) is 20.8. The molecule has 1 saturated heterocycles. The van der Waals surface area contributed by atoms with Crippen molar-refractivity contribution in [3.63, 3.8) is 0 Å². The Morgan fingerprint density at radius 1 is 1.61 bits per heavy atom. The molecule has 2 rings (SSSR count). The van der Waals surface area contributed by atoms with E-state index in [1.165, 1.54) is 6.07 Å². The quantitative estimate of drug-likeness (QED) is 0.724. The largest absolute Gasteiger partial charge is 0.478 e. The van der Waals surface area contributed by atoms with Crippen LogP contribution in [0.1, 0.15) is 23.0 Å². The fourth-order valence-corrected chi connectivity index (χ4v) is 1.74. The highest BCUT2D eigenvalue weighted by atomic mass is 16.4. The van der Waals surface area contributed by atoms with Crippen LogP contribution < -0.4 is 5.32 Å². The highest BCUT2D eigenvalue weighted by molar-refractivity contribution is 6.00. The van der Waals surface area contributed by atoms with Gasteiger partial charge in [-0.25, -0.2) is 4.79 Å². The maximum Gasteiger partial charge on any atom is 0.338 e. The van der Waals surface area contributed by atoms with Crippen molar-refractivity contribution in [1.29, 1.82) is 0 Å². The van der Waals surface area contributed by atoms with Gasteiger partial charge in [0.2, 0.25) is 11.8 Å². The van der Waals surface area contributed by atoms with Gasteiger partial charge in [0.25, 0.3) is 0 Å². The summed E-state index contributed by atoms with van der Waals surface area (Å²) in [5.74, 6) is -1.41. The Balaban J connectivity index is 2.09. The molecule has 0 bridgehead atoms. The third kappa shape index (κ3) is 2.40. The Labute approximate surface area is 102 Å². The third-order valence-electron chi connectivity index (χ3n) is 2.80. The van der Waals surface area contributed by atoms with E-state index in [0.29, 0.717) is 5.76 Å². The van der Waals surface area contributed by atoms with E-state index >= 15 is 0 Å². The molecule has 1 fully saturated rings. The lowest BCUT2D eigenvalue weighted by molar-refractivity contribution is -0.139. The van der Waals surface area contributed by atoms with E-state index in [1.54, 1.807) is 11.8 Å². The number of furan rings is 1. The van der Waals surface area contributed by atoms with Crippen molar-refractivity contribution in [3.05, 3.63) is 23.7 Å². The lowest BCUT2D eigenvalue weighted by Crippen LogP contribution is -2.56. The summed E-state index contributed by atoms with van der Waals surface area (Å²) in [6.45, 7) is 1.96. The molecule has 1 unspecified atom stereocenters. The van der Waals surface area contributed by atoms with Gasteiger partial charge in [-0.1, -0.05) is 0 Å². The molecule has 2 amide bonds. The predicted octanol–water partition coefficient (Wildman–Crippen LogP) is -0.175. The zero-order chi connectivity index (χ0) is 13.3. The Kier molecular flexibility index (Phi) is 3.15. The van der Waals surface area contributed by atoms with Gasteiger partial charge < -0.3 is 9.52 Å². The number of aromatic carboxylic acids is 1. The second kappa shape index (κ2) is 4.61. The molecule has 0 saturated carbocycles. The van der Waals surface area contributed by atoms with Crippen LogP contribution in [0.4, 0.5) is 0 Å². The first kappa shape index (κ1) is 12.3. The average Bonchev–Trinajstić information content (AvgIpc) is 2.74. The number of nitrogens with one attached hydrogen (secondary N) is 1. The standard InChI is InChI=1S/C11H12N2O5/c1-6-10(15)12-9(14)4-13(6)3-8-2-7(5-18-8)11(16)17/h2,5-6H,3-4H2,1H3,(H,16,17)(H,12,14,15). The van der Waals surface area contributed by atoms with Gasteiger partial charge in [0.05, 0.1) is 24.7 Å². The van der Waals surface area contributed by atoms with Crippen molar-refractivity contribution in [2.75, 3.05) is 6.54 Å².